The van der Waals surface area contributed by atoms with E-state index in [-0.39, 0.29) is 17.7 Å². The molecule has 1 aromatic heterocycles. The molecule has 26 heavy (non-hydrogen) atoms. The molecule has 2 aromatic rings. The number of pyridine rings is 1. The molecule has 2 amide bonds. The van der Waals surface area contributed by atoms with Crippen molar-refractivity contribution < 1.29 is 9.59 Å². The highest BCUT2D eigenvalue weighted by molar-refractivity contribution is 5.89. The Labute approximate surface area is 154 Å². The normalized spacial score (nSPS) is 16.8. The number of carbonyl (C=O) groups excluding carboxylic acids is 2. The zero-order valence-electron chi connectivity index (χ0n) is 15.4. The topological polar surface area (TPSA) is 53.5 Å². The van der Waals surface area contributed by atoms with Gasteiger partial charge in [0.15, 0.2) is 0 Å². The van der Waals surface area contributed by atoms with Crippen molar-refractivity contribution in [3.63, 3.8) is 0 Å². The number of rotatable bonds is 6. The van der Waals surface area contributed by atoms with Gasteiger partial charge in [-0.2, -0.15) is 0 Å². The van der Waals surface area contributed by atoms with Gasteiger partial charge < -0.3 is 9.80 Å². The summed E-state index contributed by atoms with van der Waals surface area (Å²) in [6.45, 7) is 3.76. The first-order valence-electron chi connectivity index (χ1n) is 9.00. The van der Waals surface area contributed by atoms with Gasteiger partial charge in [-0.05, 0) is 36.6 Å². The van der Waals surface area contributed by atoms with Crippen molar-refractivity contribution in [1.29, 1.82) is 0 Å². The quantitative estimate of drug-likeness (QED) is 0.803. The van der Waals surface area contributed by atoms with E-state index in [9.17, 15) is 9.59 Å². The molecule has 1 saturated heterocycles. The monoisotopic (exact) mass is 351 g/mol. The molecule has 0 radical (unpaired) electrons. The molecule has 1 aliphatic rings. The first-order valence-corrected chi connectivity index (χ1v) is 9.00. The summed E-state index contributed by atoms with van der Waals surface area (Å²) in [4.78, 5) is 32.6. The van der Waals surface area contributed by atoms with E-state index < -0.39 is 0 Å². The number of hydrogen-bond acceptors (Lipinski definition) is 3. The number of benzene rings is 1. The first-order chi connectivity index (χ1) is 12.5. The van der Waals surface area contributed by atoms with Crippen LogP contribution in [0, 0.1) is 12.8 Å². The lowest BCUT2D eigenvalue weighted by molar-refractivity contribution is -0.134. The van der Waals surface area contributed by atoms with Gasteiger partial charge in [-0.25, -0.2) is 0 Å². The highest BCUT2D eigenvalue weighted by atomic mass is 16.2. The SMILES string of the molecule is Cc1cccc(CN2CC(C(=O)N(C)CCc3ccncc3)CC2=O)c1. The summed E-state index contributed by atoms with van der Waals surface area (Å²) in [5, 5.41) is 0. The van der Waals surface area contributed by atoms with Crippen molar-refractivity contribution in [3.05, 3.63) is 65.5 Å². The Morgan fingerprint density at radius 2 is 2.00 bits per heavy atom. The van der Waals surface area contributed by atoms with Crippen LogP contribution in [0.2, 0.25) is 0 Å². The van der Waals surface area contributed by atoms with E-state index in [1.54, 1.807) is 22.2 Å². The van der Waals surface area contributed by atoms with E-state index in [1.807, 2.05) is 44.3 Å². The van der Waals surface area contributed by atoms with Crippen LogP contribution in [-0.4, -0.2) is 46.7 Å². The maximum atomic E-state index is 12.7. The molecular weight excluding hydrogens is 326 g/mol. The van der Waals surface area contributed by atoms with Crippen LogP contribution in [0.4, 0.5) is 0 Å². The fraction of sp³-hybridized carbons (Fsp3) is 0.381. The summed E-state index contributed by atoms with van der Waals surface area (Å²) in [6, 6.07) is 12.1. The van der Waals surface area contributed by atoms with Crippen molar-refractivity contribution >= 4 is 11.8 Å². The molecule has 0 N–H and O–H groups in total. The molecule has 1 aliphatic heterocycles. The molecule has 1 atom stereocenters. The average Bonchev–Trinajstić information content (AvgIpc) is 3.00. The van der Waals surface area contributed by atoms with E-state index in [1.165, 1.54) is 5.56 Å². The lowest BCUT2D eigenvalue weighted by Gasteiger charge is -2.21. The molecule has 3 rings (SSSR count). The van der Waals surface area contributed by atoms with Crippen LogP contribution in [0.15, 0.2) is 48.8 Å². The Morgan fingerprint density at radius 3 is 2.73 bits per heavy atom. The van der Waals surface area contributed by atoms with Crippen molar-refractivity contribution in [2.75, 3.05) is 20.1 Å². The largest absolute Gasteiger partial charge is 0.345 e. The predicted molar refractivity (Wildman–Crippen MR) is 100 cm³/mol. The van der Waals surface area contributed by atoms with Gasteiger partial charge in [0.25, 0.3) is 0 Å². The summed E-state index contributed by atoms with van der Waals surface area (Å²) in [6.07, 6.45) is 4.62. The molecule has 1 unspecified atom stereocenters. The molecule has 0 spiro atoms. The maximum Gasteiger partial charge on any atom is 0.227 e. The zero-order chi connectivity index (χ0) is 18.5. The summed E-state index contributed by atoms with van der Waals surface area (Å²) < 4.78 is 0. The van der Waals surface area contributed by atoms with Crippen LogP contribution >= 0.6 is 0 Å². The van der Waals surface area contributed by atoms with E-state index in [0.717, 1.165) is 17.5 Å². The second-order valence-electron chi connectivity index (χ2n) is 7.03. The van der Waals surface area contributed by atoms with Crippen LogP contribution in [0.5, 0.6) is 0 Å². The van der Waals surface area contributed by atoms with Gasteiger partial charge in [-0.3, -0.25) is 14.6 Å². The summed E-state index contributed by atoms with van der Waals surface area (Å²) in [5.74, 6) is -0.124. The molecule has 1 fully saturated rings. The molecule has 1 aromatic carbocycles. The number of carbonyl (C=O) groups is 2. The lowest BCUT2D eigenvalue weighted by Crippen LogP contribution is -2.35. The Balaban J connectivity index is 1.54. The van der Waals surface area contributed by atoms with Gasteiger partial charge in [0.05, 0.1) is 5.92 Å². The summed E-state index contributed by atoms with van der Waals surface area (Å²) in [5.41, 5.74) is 3.44. The highest BCUT2D eigenvalue weighted by Crippen LogP contribution is 2.22. The molecule has 5 nitrogen and oxygen atoms in total. The van der Waals surface area contributed by atoms with Crippen LogP contribution in [-0.2, 0) is 22.6 Å². The van der Waals surface area contributed by atoms with E-state index in [2.05, 4.69) is 11.1 Å². The van der Waals surface area contributed by atoms with E-state index >= 15 is 0 Å². The number of aromatic nitrogens is 1. The number of hydrogen-bond donors (Lipinski definition) is 0. The van der Waals surface area contributed by atoms with E-state index in [4.69, 9.17) is 0 Å². The second kappa shape index (κ2) is 8.13. The summed E-state index contributed by atoms with van der Waals surface area (Å²) >= 11 is 0. The van der Waals surface area contributed by atoms with Gasteiger partial charge in [0.1, 0.15) is 0 Å². The number of nitrogens with zero attached hydrogens (tertiary/aromatic N) is 3. The van der Waals surface area contributed by atoms with Crippen molar-refractivity contribution in [3.8, 4) is 0 Å². The minimum absolute atomic E-state index is 0.0548. The molecule has 2 heterocycles. The van der Waals surface area contributed by atoms with Gasteiger partial charge in [0.2, 0.25) is 11.8 Å². The van der Waals surface area contributed by atoms with Gasteiger partial charge in [-0.1, -0.05) is 29.8 Å². The number of likely N-dealkylation sites (N-methyl/N-ethyl adjacent to an activating group) is 1. The third-order valence-electron chi connectivity index (χ3n) is 4.88. The molecule has 136 valence electrons. The maximum absolute atomic E-state index is 12.7. The van der Waals surface area contributed by atoms with Crippen LogP contribution in [0.25, 0.3) is 0 Å². The van der Waals surface area contributed by atoms with Crippen LogP contribution < -0.4 is 0 Å². The third-order valence-corrected chi connectivity index (χ3v) is 4.88. The minimum atomic E-state index is -0.241. The minimum Gasteiger partial charge on any atom is -0.345 e. The molecular formula is C21H25N3O2. The average molecular weight is 351 g/mol. The van der Waals surface area contributed by atoms with Crippen molar-refractivity contribution in [2.45, 2.75) is 26.3 Å². The standard InChI is InChI=1S/C21H25N3O2/c1-16-4-3-5-18(12-16)14-24-15-19(13-20(24)25)21(26)23(2)11-8-17-6-9-22-10-7-17/h3-7,9-10,12,19H,8,11,13-15H2,1-2H3. The fourth-order valence-electron chi connectivity index (χ4n) is 3.39. The highest BCUT2D eigenvalue weighted by Gasteiger charge is 2.35. The van der Waals surface area contributed by atoms with E-state index in [0.29, 0.717) is 26.1 Å². The molecule has 0 aliphatic carbocycles. The van der Waals surface area contributed by atoms with Crippen LogP contribution in [0.3, 0.4) is 0 Å². The Kier molecular flexibility index (Phi) is 5.66. The number of likely N-dealkylation sites (tertiary alicyclic amines) is 1. The molecule has 0 saturated carbocycles. The summed E-state index contributed by atoms with van der Waals surface area (Å²) in [7, 11) is 1.82. The lowest BCUT2D eigenvalue weighted by atomic mass is 10.1. The van der Waals surface area contributed by atoms with Gasteiger partial charge in [0, 0.05) is 45.5 Å². The Bertz CT molecular complexity index is 776. The van der Waals surface area contributed by atoms with Crippen molar-refractivity contribution in [1.82, 2.24) is 14.8 Å². The first kappa shape index (κ1) is 18.1. The Hall–Kier alpha value is -2.69. The third kappa shape index (κ3) is 4.48. The molecule has 5 heteroatoms. The zero-order valence-corrected chi connectivity index (χ0v) is 15.4. The smallest absolute Gasteiger partial charge is 0.227 e. The Morgan fingerprint density at radius 1 is 1.23 bits per heavy atom. The number of amides is 2. The number of aryl methyl sites for hydroxylation is 1. The van der Waals surface area contributed by atoms with Crippen molar-refractivity contribution in [2.24, 2.45) is 5.92 Å². The van der Waals surface area contributed by atoms with Gasteiger partial charge in [-0.15, -0.1) is 0 Å². The second-order valence-corrected chi connectivity index (χ2v) is 7.03. The fourth-order valence-corrected chi connectivity index (χ4v) is 3.39. The predicted octanol–water partition coefficient (Wildman–Crippen LogP) is 2.44. The van der Waals surface area contributed by atoms with Crippen LogP contribution in [0.1, 0.15) is 23.1 Å². The van der Waals surface area contributed by atoms with Gasteiger partial charge >= 0.3 is 0 Å². The molecule has 0 bridgehead atoms.